The zero-order chi connectivity index (χ0) is 48.4. The second-order valence-corrected chi connectivity index (χ2v) is 20.1. The fourth-order valence-corrected chi connectivity index (χ4v) is 11.4. The minimum atomic E-state index is -2.37. The van der Waals surface area contributed by atoms with Crippen molar-refractivity contribution in [2.75, 3.05) is 0 Å². The number of aromatic hydroxyl groups is 2. The van der Waals surface area contributed by atoms with Crippen molar-refractivity contribution < 1.29 is 88.0 Å². The number of fused-ring (bicyclic) bond motifs is 3. The zero-order valence-electron chi connectivity index (χ0n) is 38.4. The highest BCUT2D eigenvalue weighted by atomic mass is 16.7. The maximum atomic E-state index is 15.2. The molecule has 10 rings (SSSR count). The van der Waals surface area contributed by atoms with Gasteiger partial charge in [0, 0.05) is 71.6 Å². The molecule has 8 N–H and O–H groups in total. The van der Waals surface area contributed by atoms with E-state index in [0.717, 1.165) is 0 Å². The lowest BCUT2D eigenvalue weighted by Gasteiger charge is -2.55. The number of benzene rings is 2. The lowest BCUT2D eigenvalue weighted by molar-refractivity contribution is -0.306. The number of aliphatic hydroxyl groups excluding tert-OH is 4. The number of carbonyl (C=O) groups excluding carboxylic acids is 2. The van der Waals surface area contributed by atoms with E-state index in [1.165, 1.54) is 31.2 Å². The summed E-state index contributed by atoms with van der Waals surface area (Å²) in [6.45, 7) is 8.24. The number of rotatable bonds is 8. The van der Waals surface area contributed by atoms with Crippen LogP contribution >= 0.6 is 0 Å². The van der Waals surface area contributed by atoms with E-state index in [2.05, 4.69) is 0 Å². The minimum absolute atomic E-state index is 0.0143. The van der Waals surface area contributed by atoms with Crippen LogP contribution in [0.2, 0.25) is 0 Å². The molecule has 18 heteroatoms. The lowest BCUT2D eigenvalue weighted by atomic mass is 9.58. The molecule has 4 aliphatic heterocycles. The van der Waals surface area contributed by atoms with Gasteiger partial charge in [-0.25, -0.2) is 0 Å². The van der Waals surface area contributed by atoms with E-state index in [-0.39, 0.29) is 77.0 Å². The molecule has 0 bridgehead atoms. The van der Waals surface area contributed by atoms with Crippen LogP contribution in [0.15, 0.2) is 52.5 Å². The van der Waals surface area contributed by atoms with Gasteiger partial charge in [-0.2, -0.15) is 0 Å². The van der Waals surface area contributed by atoms with Crippen LogP contribution in [0, 0.1) is 0 Å². The molecule has 0 amide bonds. The first kappa shape index (κ1) is 47.6. The van der Waals surface area contributed by atoms with Crippen molar-refractivity contribution in [2.45, 2.75) is 189 Å². The Bertz CT molecular complexity index is 2520. The van der Waals surface area contributed by atoms with E-state index >= 15 is 4.79 Å². The number of hydrogen-bond acceptors (Lipinski definition) is 18. The molecule has 0 radical (unpaired) electrons. The molecule has 0 spiro atoms. The Hall–Kier alpha value is -4.12. The number of phenolic OH excluding ortho intramolecular Hbond substituents is 2. The van der Waals surface area contributed by atoms with Gasteiger partial charge in [-0.05, 0) is 83.9 Å². The summed E-state index contributed by atoms with van der Waals surface area (Å²) in [5.41, 5.74) is -6.04. The number of aliphatic hydroxyl groups is 6. The third kappa shape index (κ3) is 7.85. The average molecular weight is 949 g/mol. The molecule has 3 aromatic rings. The summed E-state index contributed by atoms with van der Waals surface area (Å²) in [6.07, 6.45) is -8.28. The summed E-state index contributed by atoms with van der Waals surface area (Å²) in [7, 11) is 0. The second-order valence-electron chi connectivity index (χ2n) is 20.1. The molecule has 5 heterocycles. The predicted octanol–water partition coefficient (Wildman–Crippen LogP) is 3.88. The fourth-order valence-electron chi connectivity index (χ4n) is 11.4. The quantitative estimate of drug-likeness (QED) is 0.159. The van der Waals surface area contributed by atoms with E-state index in [9.17, 15) is 45.6 Å². The third-order valence-electron chi connectivity index (χ3n) is 15.0. The number of hydrogen-bond donors (Lipinski definition) is 8. The zero-order valence-corrected chi connectivity index (χ0v) is 38.4. The normalized spacial score (nSPS) is 41.8. The van der Waals surface area contributed by atoms with Crippen LogP contribution in [-0.4, -0.2) is 149 Å². The van der Waals surface area contributed by atoms with Gasteiger partial charge in [-0.1, -0.05) is 6.08 Å². The van der Waals surface area contributed by atoms with Crippen molar-refractivity contribution in [1.29, 1.82) is 0 Å². The second kappa shape index (κ2) is 17.3. The molecule has 68 heavy (non-hydrogen) atoms. The van der Waals surface area contributed by atoms with Gasteiger partial charge >= 0.3 is 0 Å². The van der Waals surface area contributed by atoms with E-state index in [0.29, 0.717) is 23.8 Å². The van der Waals surface area contributed by atoms with E-state index < -0.39 is 127 Å². The summed E-state index contributed by atoms with van der Waals surface area (Å²) < 4.78 is 50.6. The SMILES string of the molecule is C[C@@H]1O[C@@H](O[C@@H]2C[C@H](c3cc4c(-c5ccc(O)cc5)oc5c4c(c3O)C(=O)C3=C5[C@@]4(O[C@H]5CC[C@H](O)[C@H](C)O5)C(=O)C[C@](C)(O)C[C@@]4(O)C=C3)O[C@H](C)[C@H]2O)CC[C@@H]1O[C@H]1C[C@@H](O)[C@H](O)[C@@H](C)O1. The van der Waals surface area contributed by atoms with Crippen LogP contribution < -0.4 is 0 Å². The molecule has 4 saturated heterocycles. The summed E-state index contributed by atoms with van der Waals surface area (Å²) in [5.74, 6) is -1.80. The molecule has 1 aromatic heterocycles. The number of allylic oxidation sites excluding steroid dienone is 2. The van der Waals surface area contributed by atoms with E-state index in [4.69, 9.17) is 37.6 Å². The Kier molecular flexibility index (Phi) is 12.1. The number of furan rings is 1. The van der Waals surface area contributed by atoms with Crippen molar-refractivity contribution >= 4 is 27.9 Å². The van der Waals surface area contributed by atoms with Gasteiger partial charge < -0.3 is 78.4 Å². The molecular formula is C50H60O18. The van der Waals surface area contributed by atoms with Gasteiger partial charge in [0.25, 0.3) is 0 Å². The van der Waals surface area contributed by atoms with Crippen LogP contribution in [0.5, 0.6) is 11.5 Å². The highest BCUT2D eigenvalue weighted by Gasteiger charge is 2.68. The molecule has 17 atom stereocenters. The average Bonchev–Trinajstić information content (AvgIpc) is 3.64. The topological polar surface area (TPSA) is 274 Å². The van der Waals surface area contributed by atoms with Gasteiger partial charge in [-0.15, -0.1) is 0 Å². The lowest BCUT2D eigenvalue weighted by Crippen LogP contribution is -2.70. The number of phenols is 2. The molecule has 2 aromatic carbocycles. The van der Waals surface area contributed by atoms with Gasteiger partial charge in [0.2, 0.25) is 0 Å². The summed E-state index contributed by atoms with van der Waals surface area (Å²) in [5, 5.41) is 89.6. The number of Topliss-reactive ketones (excluding diaryl/α,β-unsaturated/α-hetero) is 2. The first-order valence-corrected chi connectivity index (χ1v) is 23.6. The summed E-state index contributed by atoms with van der Waals surface area (Å²) in [4.78, 5) is 30.1. The highest BCUT2D eigenvalue weighted by molar-refractivity contribution is 6.31. The van der Waals surface area contributed by atoms with Crippen LogP contribution in [0.4, 0.5) is 0 Å². The van der Waals surface area contributed by atoms with Gasteiger partial charge in [0.05, 0.1) is 66.1 Å². The first-order chi connectivity index (χ1) is 32.2. The molecule has 7 aliphatic rings. The Morgan fingerprint density at radius 2 is 1.40 bits per heavy atom. The maximum Gasteiger partial charge on any atom is 0.198 e. The minimum Gasteiger partial charge on any atom is -0.508 e. The van der Waals surface area contributed by atoms with Gasteiger partial charge in [-0.3, -0.25) is 9.59 Å². The van der Waals surface area contributed by atoms with Crippen molar-refractivity contribution in [3.05, 3.63) is 64.9 Å². The summed E-state index contributed by atoms with van der Waals surface area (Å²) >= 11 is 0. The number of ketones is 2. The van der Waals surface area contributed by atoms with Crippen LogP contribution in [-0.2, 0) is 38.0 Å². The Balaban J connectivity index is 1.01. The molecule has 18 nitrogen and oxygen atoms in total. The highest BCUT2D eigenvalue weighted by Crippen LogP contribution is 2.60. The standard InChI is InChI=1S/C50H60O18/c1-21-30(52)10-12-37(62-21)68-50-35(54)19-48(5,59)20-49(50,60)15-14-27-41(50)47-39-29(46(67-47)25-6-8-26(51)9-7-25)16-28(45(58)40(39)44(27)57)33-18-34(43(56)24(4)61-33)66-36-13-11-32(22(2)63-36)65-38-17-31(53)42(55)23(3)64-38/h6-9,14-16,21-24,30-34,36-38,42-43,51-53,55-56,58-60H,10-13,17-20H2,1-5H3/t21-,22-,23+,24+,30-,31+,32-,33+,34+,36-,37-,38-,42+,43+,48-,49-,50-/m0/s1. The smallest absolute Gasteiger partial charge is 0.198 e. The van der Waals surface area contributed by atoms with Crippen LogP contribution in [0.3, 0.4) is 0 Å². The summed E-state index contributed by atoms with van der Waals surface area (Å²) in [6, 6.07) is 7.73. The van der Waals surface area contributed by atoms with E-state index in [1.54, 1.807) is 39.0 Å². The van der Waals surface area contributed by atoms with Gasteiger partial charge in [0.1, 0.15) is 40.8 Å². The Morgan fingerprint density at radius 3 is 2.10 bits per heavy atom. The Labute approximate surface area is 391 Å². The van der Waals surface area contributed by atoms with Gasteiger partial charge in [0.15, 0.2) is 36.0 Å². The van der Waals surface area contributed by atoms with Crippen molar-refractivity contribution in [2.24, 2.45) is 0 Å². The Morgan fingerprint density at radius 1 is 0.721 bits per heavy atom. The number of carbonyl (C=O) groups is 2. The number of ether oxygens (including phenoxy) is 7. The predicted molar refractivity (Wildman–Crippen MR) is 237 cm³/mol. The largest absolute Gasteiger partial charge is 0.508 e. The molecule has 3 aliphatic carbocycles. The van der Waals surface area contributed by atoms with Crippen LogP contribution in [0.1, 0.15) is 114 Å². The van der Waals surface area contributed by atoms with Crippen molar-refractivity contribution in [3.8, 4) is 22.8 Å². The molecule has 368 valence electrons. The monoisotopic (exact) mass is 948 g/mol. The fraction of sp³-hybridized carbons (Fsp3) is 0.600. The van der Waals surface area contributed by atoms with Crippen molar-refractivity contribution in [3.63, 3.8) is 0 Å². The van der Waals surface area contributed by atoms with Crippen LogP contribution in [0.25, 0.3) is 27.7 Å². The maximum absolute atomic E-state index is 15.2. The van der Waals surface area contributed by atoms with Crippen molar-refractivity contribution in [1.82, 2.24) is 0 Å². The molecule has 5 fully saturated rings. The third-order valence-corrected chi connectivity index (χ3v) is 15.0. The molecule has 0 unspecified atom stereocenters. The molecular weight excluding hydrogens is 889 g/mol. The first-order valence-electron chi connectivity index (χ1n) is 23.6. The van der Waals surface area contributed by atoms with E-state index in [1.807, 2.05) is 6.92 Å². The molecule has 1 saturated carbocycles.